The Morgan fingerprint density at radius 3 is 2.36 bits per heavy atom. The molecule has 8 nitrogen and oxygen atoms in total. The van der Waals surface area contributed by atoms with Crippen molar-refractivity contribution in [1.29, 1.82) is 0 Å². The van der Waals surface area contributed by atoms with Crippen LogP contribution in [0.25, 0.3) is 0 Å². The number of benzene rings is 1. The van der Waals surface area contributed by atoms with Crippen LogP contribution < -0.4 is 25.4 Å². The zero-order chi connectivity index (χ0) is 23.3. The monoisotopic (exact) mass is 574 g/mol. The predicted molar refractivity (Wildman–Crippen MR) is 141 cm³/mol. The lowest BCUT2D eigenvalue weighted by Crippen LogP contribution is -2.47. The molecule has 1 aliphatic heterocycles. The van der Waals surface area contributed by atoms with Crippen LogP contribution in [0.5, 0.6) is 11.5 Å². The predicted octanol–water partition coefficient (Wildman–Crippen LogP) is 4.14. The third kappa shape index (κ3) is 8.12. The molecule has 0 spiro atoms. The van der Waals surface area contributed by atoms with Crippen molar-refractivity contribution >= 4 is 36.0 Å². The zero-order valence-corrected chi connectivity index (χ0v) is 22.9. The van der Waals surface area contributed by atoms with E-state index in [-0.39, 0.29) is 42.2 Å². The number of guanidine groups is 1. The number of nitrogens with zero attached hydrogens (tertiary/aromatic N) is 1. The Morgan fingerprint density at radius 2 is 1.79 bits per heavy atom. The van der Waals surface area contributed by atoms with Gasteiger partial charge in [-0.2, -0.15) is 0 Å². The second kappa shape index (κ2) is 12.0. The molecule has 1 unspecified atom stereocenters. The lowest BCUT2D eigenvalue weighted by molar-refractivity contribution is 0.0490. The van der Waals surface area contributed by atoms with E-state index in [2.05, 4.69) is 40.0 Å². The normalized spacial score (nSPS) is 22.4. The average molecular weight is 575 g/mol. The Balaban J connectivity index is 0.00000385. The van der Waals surface area contributed by atoms with Gasteiger partial charge >= 0.3 is 6.09 Å². The van der Waals surface area contributed by atoms with Gasteiger partial charge < -0.3 is 30.2 Å². The summed E-state index contributed by atoms with van der Waals surface area (Å²) in [7, 11) is 3.47. The first-order valence-electron chi connectivity index (χ1n) is 11.5. The zero-order valence-electron chi connectivity index (χ0n) is 20.6. The highest BCUT2D eigenvalue weighted by Gasteiger charge is 2.26. The summed E-state index contributed by atoms with van der Waals surface area (Å²) < 4.78 is 16.9. The maximum Gasteiger partial charge on any atom is 0.407 e. The summed E-state index contributed by atoms with van der Waals surface area (Å²) in [5.74, 6) is 2.55. The number of fused-ring (bicyclic) bond motifs is 1. The number of nitrogens with one attached hydrogen (secondary N) is 3. The number of hydrogen-bond donors (Lipinski definition) is 3. The van der Waals surface area contributed by atoms with Crippen molar-refractivity contribution in [3.05, 3.63) is 23.3 Å². The fourth-order valence-electron chi connectivity index (χ4n) is 4.23. The topological polar surface area (TPSA) is 93.2 Å². The van der Waals surface area contributed by atoms with E-state index in [4.69, 9.17) is 14.2 Å². The van der Waals surface area contributed by atoms with Crippen LogP contribution in [-0.2, 0) is 17.7 Å². The van der Waals surface area contributed by atoms with Crippen LogP contribution in [0.2, 0.25) is 0 Å². The molecule has 3 N–H and O–H groups in total. The van der Waals surface area contributed by atoms with Crippen LogP contribution in [0.15, 0.2) is 17.1 Å². The molecule has 2 aliphatic rings. The Hall–Kier alpha value is -1.91. The van der Waals surface area contributed by atoms with Gasteiger partial charge in [-0.05, 0) is 65.5 Å². The molecule has 33 heavy (non-hydrogen) atoms. The van der Waals surface area contributed by atoms with Crippen LogP contribution in [0.3, 0.4) is 0 Å². The van der Waals surface area contributed by atoms with Crippen LogP contribution in [0.4, 0.5) is 4.79 Å². The smallest absolute Gasteiger partial charge is 0.407 e. The SMILES string of the molecule is CN=C(NCc1cc2c(cc1OC)CC(C)O2)NC1CCC(NC(=O)OC(C)(C)C)CC1.I. The van der Waals surface area contributed by atoms with E-state index in [9.17, 15) is 4.79 Å². The first-order valence-corrected chi connectivity index (χ1v) is 11.5. The van der Waals surface area contributed by atoms with E-state index in [0.29, 0.717) is 12.6 Å². The molecule has 1 amide bonds. The van der Waals surface area contributed by atoms with Gasteiger partial charge in [0.2, 0.25) is 0 Å². The van der Waals surface area contributed by atoms with Crippen LogP contribution >= 0.6 is 24.0 Å². The van der Waals surface area contributed by atoms with Crippen molar-refractivity contribution in [2.45, 2.75) is 90.1 Å². The largest absolute Gasteiger partial charge is 0.496 e. The number of methoxy groups -OCH3 is 1. The third-order valence-electron chi connectivity index (χ3n) is 5.76. The average Bonchev–Trinajstić information content (AvgIpc) is 3.08. The van der Waals surface area contributed by atoms with Crippen molar-refractivity contribution in [1.82, 2.24) is 16.0 Å². The molecular formula is C24H39IN4O4. The molecule has 0 bridgehead atoms. The fourth-order valence-corrected chi connectivity index (χ4v) is 4.23. The molecule has 1 aliphatic carbocycles. The number of amides is 1. The van der Waals surface area contributed by atoms with E-state index in [1.807, 2.05) is 20.8 Å². The van der Waals surface area contributed by atoms with Gasteiger partial charge in [0.05, 0.1) is 7.11 Å². The molecule has 1 heterocycles. The van der Waals surface area contributed by atoms with Gasteiger partial charge in [-0.15, -0.1) is 24.0 Å². The maximum absolute atomic E-state index is 12.0. The summed E-state index contributed by atoms with van der Waals surface area (Å²) in [5.41, 5.74) is 1.75. The van der Waals surface area contributed by atoms with Crippen molar-refractivity contribution < 1.29 is 19.0 Å². The highest BCUT2D eigenvalue weighted by molar-refractivity contribution is 14.0. The summed E-state index contributed by atoms with van der Waals surface area (Å²) in [4.78, 5) is 16.4. The number of ether oxygens (including phenoxy) is 3. The minimum atomic E-state index is -0.479. The lowest BCUT2D eigenvalue weighted by Gasteiger charge is -2.31. The van der Waals surface area contributed by atoms with Gasteiger partial charge in [0.15, 0.2) is 5.96 Å². The maximum atomic E-state index is 12.0. The lowest BCUT2D eigenvalue weighted by atomic mass is 9.91. The summed E-state index contributed by atoms with van der Waals surface area (Å²) in [5, 5.41) is 9.89. The van der Waals surface area contributed by atoms with E-state index < -0.39 is 5.60 Å². The fraction of sp³-hybridized carbons (Fsp3) is 0.667. The van der Waals surface area contributed by atoms with Crippen molar-refractivity contribution in [2.24, 2.45) is 4.99 Å². The van der Waals surface area contributed by atoms with E-state index in [1.165, 1.54) is 5.56 Å². The minimum Gasteiger partial charge on any atom is -0.496 e. The van der Waals surface area contributed by atoms with Gasteiger partial charge in [0.25, 0.3) is 0 Å². The van der Waals surface area contributed by atoms with E-state index >= 15 is 0 Å². The summed E-state index contributed by atoms with van der Waals surface area (Å²) in [6, 6.07) is 4.59. The number of aliphatic imine (C=N–C) groups is 1. The molecule has 1 aromatic carbocycles. The molecule has 0 saturated heterocycles. The quantitative estimate of drug-likeness (QED) is 0.278. The summed E-state index contributed by atoms with van der Waals surface area (Å²) in [6.45, 7) is 8.28. The van der Waals surface area contributed by atoms with Gasteiger partial charge in [-0.1, -0.05) is 0 Å². The molecule has 3 rings (SSSR count). The first-order chi connectivity index (χ1) is 15.2. The molecule has 186 valence electrons. The standard InChI is InChI=1S/C24H38N4O4.HI/c1-15-11-16-12-20(30-6)17(13-21(16)31-15)14-26-22(25-5)27-18-7-9-19(10-8-18)28-23(29)32-24(2,3)4;/h12-13,15,18-19H,7-11,14H2,1-6H3,(H,28,29)(H2,25,26,27);1H. The molecule has 0 aromatic heterocycles. The first kappa shape index (κ1) is 27.3. The van der Waals surface area contributed by atoms with Gasteiger partial charge in [-0.25, -0.2) is 4.79 Å². The van der Waals surface area contributed by atoms with Gasteiger partial charge in [0.1, 0.15) is 23.2 Å². The highest BCUT2D eigenvalue weighted by atomic mass is 127. The minimum absolute atomic E-state index is 0. The summed E-state index contributed by atoms with van der Waals surface area (Å²) >= 11 is 0. The van der Waals surface area contributed by atoms with Crippen LogP contribution in [-0.4, -0.2) is 50.0 Å². The molecule has 1 saturated carbocycles. The van der Waals surface area contributed by atoms with Gasteiger partial charge in [-0.3, -0.25) is 4.99 Å². The van der Waals surface area contributed by atoms with Crippen LogP contribution in [0, 0.1) is 0 Å². The van der Waals surface area contributed by atoms with Crippen molar-refractivity contribution in [2.75, 3.05) is 14.2 Å². The van der Waals surface area contributed by atoms with E-state index in [0.717, 1.165) is 55.1 Å². The molecule has 1 fully saturated rings. The van der Waals surface area contributed by atoms with Crippen molar-refractivity contribution in [3.63, 3.8) is 0 Å². The van der Waals surface area contributed by atoms with Gasteiger partial charge in [0, 0.05) is 43.2 Å². The number of carbonyl (C=O) groups is 1. The number of hydrogen-bond acceptors (Lipinski definition) is 5. The Morgan fingerprint density at radius 1 is 1.15 bits per heavy atom. The van der Waals surface area contributed by atoms with Crippen LogP contribution in [0.1, 0.15) is 64.5 Å². The third-order valence-corrected chi connectivity index (χ3v) is 5.76. The Kier molecular flexibility index (Phi) is 9.93. The number of halogens is 1. The molecule has 9 heteroatoms. The number of rotatable bonds is 5. The number of alkyl carbamates (subject to hydrolysis) is 1. The molecular weight excluding hydrogens is 535 g/mol. The summed E-state index contributed by atoms with van der Waals surface area (Å²) in [6.07, 6.45) is 4.49. The molecule has 1 atom stereocenters. The van der Waals surface area contributed by atoms with E-state index in [1.54, 1.807) is 14.2 Å². The van der Waals surface area contributed by atoms with Crippen molar-refractivity contribution in [3.8, 4) is 11.5 Å². The second-order valence-electron chi connectivity index (χ2n) is 9.67. The second-order valence-corrected chi connectivity index (χ2v) is 9.67. The number of carbonyl (C=O) groups excluding carboxylic acids is 1. The highest BCUT2D eigenvalue weighted by Crippen LogP contribution is 2.34. The Bertz CT molecular complexity index is 832. The molecule has 1 aromatic rings. The Labute approximate surface area is 214 Å². The molecule has 0 radical (unpaired) electrons.